The number of rotatable bonds is 4. The van der Waals surface area contributed by atoms with Gasteiger partial charge in [0.15, 0.2) is 0 Å². The summed E-state index contributed by atoms with van der Waals surface area (Å²) in [5.74, 6) is 0.504. The third-order valence-corrected chi connectivity index (χ3v) is 4.70. The van der Waals surface area contributed by atoms with E-state index in [-0.39, 0.29) is 0 Å². The van der Waals surface area contributed by atoms with Gasteiger partial charge in [-0.25, -0.2) is 0 Å². The van der Waals surface area contributed by atoms with Gasteiger partial charge in [-0.15, -0.1) is 0 Å². The summed E-state index contributed by atoms with van der Waals surface area (Å²) in [6.07, 6.45) is 2.34. The van der Waals surface area contributed by atoms with E-state index in [0.29, 0.717) is 5.92 Å². The Labute approximate surface area is 121 Å². The average Bonchev–Trinajstić information content (AvgIpc) is 3.33. The molecule has 1 N–H and O–H groups in total. The normalized spacial score (nSPS) is 21.1. The van der Waals surface area contributed by atoms with Crippen LogP contribution >= 0.6 is 0 Å². The highest BCUT2D eigenvalue weighted by Gasteiger charge is 2.46. The molecule has 1 saturated carbocycles. The number of para-hydroxylation sites is 2. The molecular formula is C16H22N4. The van der Waals surface area contributed by atoms with Crippen LogP contribution in [0.4, 0.5) is 11.4 Å². The van der Waals surface area contributed by atoms with Gasteiger partial charge in [-0.3, -0.25) is 0 Å². The lowest BCUT2D eigenvalue weighted by molar-refractivity contribution is 0.391. The average molecular weight is 270 g/mol. The van der Waals surface area contributed by atoms with Crippen LogP contribution in [-0.2, 0) is 0 Å². The fraction of sp³-hybridized carbons (Fsp3) is 0.562. The van der Waals surface area contributed by atoms with E-state index in [1.165, 1.54) is 24.2 Å². The minimum absolute atomic E-state index is 0.400. The first kappa shape index (κ1) is 13.3. The molecule has 0 amide bonds. The summed E-state index contributed by atoms with van der Waals surface area (Å²) >= 11 is 0. The van der Waals surface area contributed by atoms with Crippen LogP contribution < -0.4 is 15.1 Å². The summed E-state index contributed by atoms with van der Waals surface area (Å²) < 4.78 is 0. The molecule has 1 fully saturated rings. The van der Waals surface area contributed by atoms with Crippen molar-refractivity contribution in [3.63, 3.8) is 0 Å². The van der Waals surface area contributed by atoms with Crippen LogP contribution in [0.1, 0.15) is 12.8 Å². The predicted molar refractivity (Wildman–Crippen MR) is 82.1 cm³/mol. The van der Waals surface area contributed by atoms with Gasteiger partial charge < -0.3 is 15.1 Å². The molecule has 0 aromatic heterocycles. The number of hydrogen-bond acceptors (Lipinski definition) is 4. The van der Waals surface area contributed by atoms with Gasteiger partial charge in [0.1, 0.15) is 5.54 Å². The Morgan fingerprint density at radius 3 is 2.60 bits per heavy atom. The number of hydrogen-bond donors (Lipinski definition) is 1. The number of nitriles is 1. The highest BCUT2D eigenvalue weighted by molar-refractivity contribution is 5.73. The lowest BCUT2D eigenvalue weighted by atomic mass is 9.93. The summed E-state index contributed by atoms with van der Waals surface area (Å²) in [6.45, 7) is 2.76. The highest BCUT2D eigenvalue weighted by atomic mass is 15.3. The second-order valence-corrected chi connectivity index (χ2v) is 5.94. The van der Waals surface area contributed by atoms with E-state index in [9.17, 15) is 5.26 Å². The molecule has 0 bridgehead atoms. The van der Waals surface area contributed by atoms with Crippen molar-refractivity contribution in [1.29, 1.82) is 5.26 Å². The first-order chi connectivity index (χ1) is 9.70. The van der Waals surface area contributed by atoms with Gasteiger partial charge >= 0.3 is 0 Å². The van der Waals surface area contributed by atoms with Crippen molar-refractivity contribution in [1.82, 2.24) is 5.32 Å². The van der Waals surface area contributed by atoms with Gasteiger partial charge in [0.05, 0.1) is 17.4 Å². The lowest BCUT2D eigenvalue weighted by Gasteiger charge is -2.41. The third kappa shape index (κ3) is 2.12. The maximum absolute atomic E-state index is 9.67. The molecule has 1 unspecified atom stereocenters. The first-order valence-electron chi connectivity index (χ1n) is 7.35. The van der Waals surface area contributed by atoms with Gasteiger partial charge in [0, 0.05) is 26.7 Å². The molecule has 0 radical (unpaired) electrons. The smallest absolute Gasteiger partial charge is 0.126 e. The van der Waals surface area contributed by atoms with Crippen molar-refractivity contribution in [2.75, 3.05) is 43.5 Å². The largest absolute Gasteiger partial charge is 0.371 e. The molecule has 106 valence electrons. The Bertz CT molecular complexity index is 532. The van der Waals surface area contributed by atoms with Crippen molar-refractivity contribution in [3.05, 3.63) is 24.3 Å². The number of anilines is 2. The number of nitrogens with one attached hydrogen (secondary N) is 1. The third-order valence-electron chi connectivity index (χ3n) is 4.70. The number of fused-ring (bicyclic) bond motifs is 1. The fourth-order valence-corrected chi connectivity index (χ4v) is 3.20. The predicted octanol–water partition coefficient (Wildman–Crippen LogP) is 1.83. The highest BCUT2D eigenvalue weighted by Crippen LogP contribution is 2.41. The van der Waals surface area contributed by atoms with Crippen molar-refractivity contribution in [2.24, 2.45) is 5.92 Å². The molecule has 1 aliphatic carbocycles. The molecule has 3 rings (SSSR count). The number of nitrogens with zero attached hydrogens (tertiary/aromatic N) is 3. The molecule has 1 aromatic rings. The van der Waals surface area contributed by atoms with E-state index in [0.717, 1.165) is 19.6 Å². The Kier molecular flexibility index (Phi) is 3.31. The van der Waals surface area contributed by atoms with E-state index in [4.69, 9.17) is 0 Å². The maximum atomic E-state index is 9.67. The standard InChI is InChI=1S/C16H22N4/c1-18-16(11-17,13-7-8-13)12-20-10-9-19(2)14-5-3-4-6-15(14)20/h3-6,13,18H,7-10,12H2,1-2H3. The minimum atomic E-state index is -0.400. The zero-order valence-corrected chi connectivity index (χ0v) is 12.3. The Morgan fingerprint density at radius 1 is 1.30 bits per heavy atom. The zero-order valence-electron chi connectivity index (χ0n) is 12.3. The van der Waals surface area contributed by atoms with E-state index in [2.05, 4.69) is 52.5 Å². The van der Waals surface area contributed by atoms with Crippen LogP contribution in [0.15, 0.2) is 24.3 Å². The topological polar surface area (TPSA) is 42.3 Å². The Morgan fingerprint density at radius 2 is 2.00 bits per heavy atom. The monoisotopic (exact) mass is 270 g/mol. The molecule has 1 atom stereocenters. The van der Waals surface area contributed by atoms with Gasteiger partial charge in [-0.05, 0) is 37.9 Å². The van der Waals surface area contributed by atoms with Crippen LogP contribution in [0.2, 0.25) is 0 Å². The fourth-order valence-electron chi connectivity index (χ4n) is 3.20. The molecule has 2 aliphatic rings. The zero-order chi connectivity index (χ0) is 14.2. The van der Waals surface area contributed by atoms with E-state index in [1.54, 1.807) is 0 Å². The van der Waals surface area contributed by atoms with Crippen LogP contribution in [0.3, 0.4) is 0 Å². The van der Waals surface area contributed by atoms with Gasteiger partial charge in [-0.2, -0.15) is 5.26 Å². The number of likely N-dealkylation sites (N-methyl/N-ethyl adjacent to an activating group) is 2. The first-order valence-corrected chi connectivity index (χ1v) is 7.35. The quantitative estimate of drug-likeness (QED) is 0.906. The van der Waals surface area contributed by atoms with Crippen LogP contribution in [-0.4, -0.2) is 39.3 Å². The summed E-state index contributed by atoms with van der Waals surface area (Å²) in [5.41, 5.74) is 2.11. The molecule has 20 heavy (non-hydrogen) atoms. The molecule has 0 spiro atoms. The van der Waals surface area contributed by atoms with Gasteiger partial charge in [0.2, 0.25) is 0 Å². The molecule has 4 heteroatoms. The van der Waals surface area contributed by atoms with Crippen molar-refractivity contribution in [3.8, 4) is 6.07 Å². The van der Waals surface area contributed by atoms with Gasteiger partial charge in [-0.1, -0.05) is 12.1 Å². The van der Waals surface area contributed by atoms with Crippen molar-refractivity contribution in [2.45, 2.75) is 18.4 Å². The maximum Gasteiger partial charge on any atom is 0.126 e. The van der Waals surface area contributed by atoms with Crippen molar-refractivity contribution >= 4 is 11.4 Å². The van der Waals surface area contributed by atoms with Crippen LogP contribution in [0, 0.1) is 17.2 Å². The molecule has 1 heterocycles. The molecule has 1 aromatic carbocycles. The minimum Gasteiger partial charge on any atom is -0.371 e. The van der Waals surface area contributed by atoms with E-state index in [1.807, 2.05) is 7.05 Å². The second kappa shape index (κ2) is 4.99. The summed E-state index contributed by atoms with van der Waals surface area (Å²) in [7, 11) is 4.05. The molecule has 4 nitrogen and oxygen atoms in total. The summed E-state index contributed by atoms with van der Waals surface area (Å²) in [5, 5.41) is 13.0. The Hall–Kier alpha value is -1.73. The van der Waals surface area contributed by atoms with Crippen LogP contribution in [0.5, 0.6) is 0 Å². The van der Waals surface area contributed by atoms with Crippen molar-refractivity contribution < 1.29 is 0 Å². The van der Waals surface area contributed by atoms with E-state index < -0.39 is 5.54 Å². The lowest BCUT2D eigenvalue weighted by Crippen LogP contribution is -2.55. The molecular weight excluding hydrogens is 248 g/mol. The van der Waals surface area contributed by atoms with Gasteiger partial charge in [0.25, 0.3) is 0 Å². The van der Waals surface area contributed by atoms with Crippen LogP contribution in [0.25, 0.3) is 0 Å². The number of benzene rings is 1. The Balaban J connectivity index is 1.88. The van der Waals surface area contributed by atoms with E-state index >= 15 is 0 Å². The summed E-state index contributed by atoms with van der Waals surface area (Å²) in [4.78, 5) is 4.66. The molecule has 0 saturated heterocycles. The SMILES string of the molecule is CNC(C#N)(CN1CCN(C)c2ccccc21)C1CC1. The molecule has 1 aliphatic heterocycles. The summed E-state index contributed by atoms with van der Waals surface area (Å²) in [6, 6.07) is 11.0. The second-order valence-electron chi connectivity index (χ2n) is 5.94.